The van der Waals surface area contributed by atoms with E-state index in [2.05, 4.69) is 15.6 Å². The third kappa shape index (κ3) is 4.19. The number of anilines is 3. The molecule has 2 aromatic carbocycles. The van der Waals surface area contributed by atoms with Crippen molar-refractivity contribution >= 4 is 46.6 Å². The number of nitrogens with zero attached hydrogens (tertiary/aromatic N) is 3. The number of aryl methyl sites for hydroxylation is 1. The number of rotatable bonds is 4. The summed E-state index contributed by atoms with van der Waals surface area (Å²) in [7, 11) is 1.60. The highest BCUT2D eigenvalue weighted by Gasteiger charge is 2.45. The highest BCUT2D eigenvalue weighted by atomic mass is 19.1. The zero-order valence-electron chi connectivity index (χ0n) is 22.3. The lowest BCUT2D eigenvalue weighted by Gasteiger charge is -2.31. The fourth-order valence-electron chi connectivity index (χ4n) is 5.40. The van der Waals surface area contributed by atoms with Crippen LogP contribution in [-0.4, -0.2) is 58.6 Å². The first-order valence-electron chi connectivity index (χ1n) is 12.9. The van der Waals surface area contributed by atoms with Gasteiger partial charge in [-0.3, -0.25) is 39.2 Å². The van der Waals surface area contributed by atoms with Gasteiger partial charge in [0.2, 0.25) is 11.8 Å². The molecule has 3 aliphatic heterocycles. The molecule has 0 radical (unpaired) electrons. The van der Waals surface area contributed by atoms with Crippen LogP contribution < -0.4 is 20.3 Å². The van der Waals surface area contributed by atoms with Gasteiger partial charge < -0.3 is 15.0 Å². The second-order valence-corrected chi connectivity index (χ2v) is 10.1. The highest BCUT2D eigenvalue weighted by molar-refractivity contribution is 6.25. The van der Waals surface area contributed by atoms with E-state index < -0.39 is 41.6 Å². The molecule has 208 valence electrons. The number of carbonyl (C=O) groups excluding carboxylic acids is 5. The Morgan fingerprint density at radius 1 is 1.02 bits per heavy atom. The number of imide groups is 2. The Hall–Kier alpha value is -5.13. The number of halogens is 1. The van der Waals surface area contributed by atoms with Gasteiger partial charge >= 0.3 is 0 Å². The van der Waals surface area contributed by atoms with E-state index in [1.807, 2.05) is 0 Å². The number of carbonyl (C=O) groups is 5. The first-order valence-corrected chi connectivity index (χ1v) is 12.9. The minimum atomic E-state index is -1.13. The van der Waals surface area contributed by atoms with Crippen LogP contribution in [0.2, 0.25) is 0 Å². The summed E-state index contributed by atoms with van der Waals surface area (Å²) in [5, 5.41) is 5.35. The number of benzene rings is 2. The normalized spacial score (nSPS) is 20.0. The topological polar surface area (TPSA) is 138 Å². The van der Waals surface area contributed by atoms with Crippen LogP contribution >= 0.6 is 0 Å². The summed E-state index contributed by atoms with van der Waals surface area (Å²) in [5.41, 5.74) is 2.25. The Labute approximate surface area is 233 Å². The van der Waals surface area contributed by atoms with Crippen LogP contribution in [0.3, 0.4) is 0 Å². The van der Waals surface area contributed by atoms with Crippen LogP contribution in [0.25, 0.3) is 11.1 Å². The van der Waals surface area contributed by atoms with Crippen LogP contribution in [0, 0.1) is 12.7 Å². The lowest BCUT2D eigenvalue weighted by atomic mass is 9.99. The second-order valence-electron chi connectivity index (χ2n) is 10.1. The van der Waals surface area contributed by atoms with Gasteiger partial charge in [-0.25, -0.2) is 4.39 Å². The van der Waals surface area contributed by atoms with Crippen LogP contribution in [0.1, 0.15) is 46.2 Å². The maximum atomic E-state index is 15.1. The molecule has 0 spiro atoms. The third-order valence-electron chi connectivity index (χ3n) is 7.46. The molecule has 6 rings (SSSR count). The van der Waals surface area contributed by atoms with Crippen molar-refractivity contribution in [1.29, 1.82) is 0 Å². The van der Waals surface area contributed by atoms with E-state index in [0.717, 1.165) is 11.1 Å². The van der Waals surface area contributed by atoms with Crippen molar-refractivity contribution in [2.45, 2.75) is 38.8 Å². The van der Waals surface area contributed by atoms with E-state index in [4.69, 9.17) is 4.74 Å². The molecule has 2 atom stereocenters. The van der Waals surface area contributed by atoms with Gasteiger partial charge in [0.15, 0.2) is 6.10 Å². The highest BCUT2D eigenvalue weighted by Crippen LogP contribution is 2.44. The minimum Gasteiger partial charge on any atom is -0.479 e. The third-order valence-corrected chi connectivity index (χ3v) is 7.46. The fraction of sp³-hybridized carbons (Fsp3) is 0.241. The van der Waals surface area contributed by atoms with E-state index in [9.17, 15) is 24.0 Å². The van der Waals surface area contributed by atoms with Crippen molar-refractivity contribution in [2.75, 3.05) is 17.3 Å². The number of likely N-dealkylation sites (N-methyl/N-ethyl adjacent to an activating group) is 1. The number of ether oxygens (including phenoxy) is 1. The first-order chi connectivity index (χ1) is 19.5. The van der Waals surface area contributed by atoms with E-state index in [-0.39, 0.29) is 41.1 Å². The molecule has 11 nitrogen and oxygen atoms in total. The largest absolute Gasteiger partial charge is 0.479 e. The van der Waals surface area contributed by atoms with Crippen LogP contribution in [0.4, 0.5) is 21.5 Å². The molecule has 3 aliphatic rings. The van der Waals surface area contributed by atoms with E-state index in [0.29, 0.717) is 28.4 Å². The summed E-state index contributed by atoms with van der Waals surface area (Å²) in [4.78, 5) is 70.0. The quantitative estimate of drug-likeness (QED) is 0.467. The Bertz CT molecular complexity index is 1710. The zero-order valence-corrected chi connectivity index (χ0v) is 22.3. The molecule has 3 aromatic rings. The summed E-state index contributed by atoms with van der Waals surface area (Å²) < 4.78 is 20.9. The molecule has 0 aliphatic carbocycles. The Kier molecular flexibility index (Phi) is 6.05. The molecule has 0 bridgehead atoms. The number of nitrogens with one attached hydrogen (secondary N) is 2. The smallest absolute Gasteiger partial charge is 0.267 e. The van der Waals surface area contributed by atoms with Gasteiger partial charge in [0, 0.05) is 36.0 Å². The SMILES string of the molecule is Cc1cc(-c2cc3c(cc2Nc2cccc4c2C(=O)N([C@H]2CCC(=O)NC2=O)C4=O)N(C)C(=O)[C@@H](C)O3)c(F)cn1. The number of hydrogen-bond donors (Lipinski definition) is 2. The van der Waals surface area contributed by atoms with Crippen LogP contribution in [0.5, 0.6) is 5.75 Å². The maximum Gasteiger partial charge on any atom is 0.267 e. The standard InChI is InChI=1S/C29H24FN5O6/c1-13-9-16(18(30)12-31-13)17-10-23-22(34(3)27(38)14(2)41-23)11-20(17)32-19-6-4-5-15-25(19)29(40)35(28(15)39)21-7-8-24(36)33-26(21)37/h4-6,9-12,14,21,32H,7-8H2,1-3H3,(H,33,36,37)/t14-,21+/m1/s1. The molecule has 5 amide bonds. The number of fused-ring (bicyclic) bond motifs is 2. The molecule has 1 fully saturated rings. The molecule has 0 saturated carbocycles. The second kappa shape index (κ2) is 9.51. The Balaban J connectivity index is 1.46. The summed E-state index contributed by atoms with van der Waals surface area (Å²) >= 11 is 0. The van der Waals surface area contributed by atoms with Gasteiger partial charge in [-0.15, -0.1) is 0 Å². The van der Waals surface area contributed by atoms with Crippen molar-refractivity contribution in [2.24, 2.45) is 0 Å². The number of amides is 5. The molecular weight excluding hydrogens is 533 g/mol. The fourth-order valence-corrected chi connectivity index (χ4v) is 5.40. The molecule has 1 saturated heterocycles. The van der Waals surface area contributed by atoms with Gasteiger partial charge in [0.25, 0.3) is 17.7 Å². The van der Waals surface area contributed by atoms with Crippen molar-refractivity contribution in [3.05, 3.63) is 65.2 Å². The van der Waals surface area contributed by atoms with E-state index in [1.165, 1.54) is 11.0 Å². The zero-order chi connectivity index (χ0) is 29.2. The van der Waals surface area contributed by atoms with Crippen LogP contribution in [-0.2, 0) is 14.4 Å². The predicted molar refractivity (Wildman–Crippen MR) is 144 cm³/mol. The minimum absolute atomic E-state index is 0.00273. The lowest BCUT2D eigenvalue weighted by molar-refractivity contribution is -0.136. The number of aromatic nitrogens is 1. The maximum absolute atomic E-state index is 15.1. The van der Waals surface area contributed by atoms with Gasteiger partial charge in [-0.1, -0.05) is 6.07 Å². The van der Waals surface area contributed by atoms with Crippen molar-refractivity contribution in [3.8, 4) is 16.9 Å². The summed E-state index contributed by atoms with van der Waals surface area (Å²) in [6.45, 7) is 3.34. The van der Waals surface area contributed by atoms with Crippen molar-refractivity contribution in [3.63, 3.8) is 0 Å². The van der Waals surface area contributed by atoms with Crippen molar-refractivity contribution in [1.82, 2.24) is 15.2 Å². The Morgan fingerprint density at radius 2 is 1.80 bits per heavy atom. The average molecular weight is 558 g/mol. The molecular formula is C29H24FN5O6. The Morgan fingerprint density at radius 3 is 2.56 bits per heavy atom. The molecule has 0 unspecified atom stereocenters. The molecule has 41 heavy (non-hydrogen) atoms. The predicted octanol–water partition coefficient (Wildman–Crippen LogP) is 3.08. The van der Waals surface area contributed by atoms with Crippen molar-refractivity contribution < 1.29 is 33.1 Å². The van der Waals surface area contributed by atoms with Gasteiger partial charge in [-0.2, -0.15) is 0 Å². The first kappa shape index (κ1) is 26.1. The van der Waals surface area contributed by atoms with E-state index in [1.54, 1.807) is 51.2 Å². The summed E-state index contributed by atoms with van der Waals surface area (Å²) in [5.74, 6) is -3.04. The van der Waals surface area contributed by atoms with Crippen LogP contribution in [0.15, 0.2) is 42.6 Å². The lowest BCUT2D eigenvalue weighted by Crippen LogP contribution is -2.54. The number of piperidine rings is 1. The molecule has 4 heterocycles. The molecule has 12 heteroatoms. The summed E-state index contributed by atoms with van der Waals surface area (Å²) in [6.07, 6.45) is 0.375. The summed E-state index contributed by atoms with van der Waals surface area (Å²) in [6, 6.07) is 8.31. The van der Waals surface area contributed by atoms with Gasteiger partial charge in [0.05, 0.1) is 28.7 Å². The van der Waals surface area contributed by atoms with Gasteiger partial charge in [-0.05, 0) is 50.6 Å². The van der Waals surface area contributed by atoms with Gasteiger partial charge in [0.1, 0.15) is 17.6 Å². The molecule has 2 N–H and O–H groups in total. The number of hydrogen-bond acceptors (Lipinski definition) is 8. The number of pyridine rings is 1. The average Bonchev–Trinajstić information content (AvgIpc) is 3.19. The monoisotopic (exact) mass is 557 g/mol. The molecule has 1 aromatic heterocycles. The van der Waals surface area contributed by atoms with E-state index >= 15 is 4.39 Å².